The Labute approximate surface area is 136 Å². The van der Waals surface area contributed by atoms with Crippen LogP contribution in [0.3, 0.4) is 0 Å². The van der Waals surface area contributed by atoms with Crippen LogP contribution in [0.5, 0.6) is 0 Å². The molecule has 1 amide bonds. The van der Waals surface area contributed by atoms with Crippen LogP contribution in [0.4, 0.5) is 0 Å². The van der Waals surface area contributed by atoms with Gasteiger partial charge < -0.3 is 15.2 Å². The van der Waals surface area contributed by atoms with Crippen LogP contribution in [0.2, 0.25) is 0 Å². The van der Waals surface area contributed by atoms with Gasteiger partial charge in [0.05, 0.1) is 23.4 Å². The highest BCUT2D eigenvalue weighted by atomic mass is 16.5. The summed E-state index contributed by atoms with van der Waals surface area (Å²) in [4.78, 5) is 16.6. The first-order chi connectivity index (χ1) is 11.1. The van der Waals surface area contributed by atoms with Crippen molar-refractivity contribution >= 4 is 22.9 Å². The van der Waals surface area contributed by atoms with Gasteiger partial charge in [-0.05, 0) is 31.6 Å². The Bertz CT molecular complexity index is 691. The minimum atomic E-state index is -0.595. The zero-order valence-electron chi connectivity index (χ0n) is 13.5. The molecule has 0 saturated carbocycles. The Balaban J connectivity index is 2.06. The molecule has 0 saturated heterocycles. The van der Waals surface area contributed by atoms with Gasteiger partial charge in [0, 0.05) is 25.2 Å². The summed E-state index contributed by atoms with van der Waals surface area (Å²) in [5, 5.41) is 13.0. The molecule has 1 aromatic carbocycles. The Morgan fingerprint density at radius 3 is 2.87 bits per heavy atom. The van der Waals surface area contributed by atoms with E-state index in [0.717, 1.165) is 16.6 Å². The summed E-state index contributed by atoms with van der Waals surface area (Å²) >= 11 is 0. The molecule has 2 aromatic rings. The molecule has 0 fully saturated rings. The minimum Gasteiger partial charge on any atom is -0.396 e. The SMILES string of the molecule is COCC(C)(CCO)NC(=O)/C=C/c1ccc2ccccc2n1. The molecule has 0 aliphatic carbocycles. The molecule has 1 unspecified atom stereocenters. The van der Waals surface area contributed by atoms with Gasteiger partial charge in [0.1, 0.15) is 0 Å². The average Bonchev–Trinajstić information content (AvgIpc) is 2.53. The van der Waals surface area contributed by atoms with E-state index in [0.29, 0.717) is 13.0 Å². The monoisotopic (exact) mass is 314 g/mol. The minimum absolute atomic E-state index is 0.0178. The second kappa shape index (κ2) is 7.85. The van der Waals surface area contributed by atoms with E-state index in [9.17, 15) is 4.79 Å². The number of nitrogens with zero attached hydrogens (tertiary/aromatic N) is 1. The summed E-state index contributed by atoms with van der Waals surface area (Å²) < 4.78 is 5.11. The van der Waals surface area contributed by atoms with Crippen molar-refractivity contribution in [3.05, 3.63) is 48.2 Å². The van der Waals surface area contributed by atoms with E-state index in [4.69, 9.17) is 9.84 Å². The second-order valence-electron chi connectivity index (χ2n) is 5.72. The first kappa shape index (κ1) is 17.1. The molecule has 1 heterocycles. The summed E-state index contributed by atoms with van der Waals surface area (Å²) in [6.45, 7) is 2.16. The predicted octanol–water partition coefficient (Wildman–Crippen LogP) is 2.15. The Morgan fingerprint density at radius 2 is 2.13 bits per heavy atom. The highest BCUT2D eigenvalue weighted by molar-refractivity contribution is 5.92. The molecule has 0 bridgehead atoms. The Hall–Kier alpha value is -2.24. The summed E-state index contributed by atoms with van der Waals surface area (Å²) in [6.07, 6.45) is 3.55. The molecule has 2 rings (SSSR count). The first-order valence-electron chi connectivity index (χ1n) is 7.52. The second-order valence-corrected chi connectivity index (χ2v) is 5.72. The lowest BCUT2D eigenvalue weighted by Gasteiger charge is -2.28. The van der Waals surface area contributed by atoms with Gasteiger partial charge >= 0.3 is 0 Å². The summed E-state index contributed by atoms with van der Waals surface area (Å²) in [5.41, 5.74) is 1.01. The number of aromatic nitrogens is 1. The van der Waals surface area contributed by atoms with Gasteiger partial charge in [-0.3, -0.25) is 4.79 Å². The highest BCUT2D eigenvalue weighted by Gasteiger charge is 2.24. The number of aliphatic hydroxyl groups is 1. The third-order valence-corrected chi connectivity index (χ3v) is 3.58. The number of rotatable bonds is 7. The van der Waals surface area contributed by atoms with Crippen molar-refractivity contribution in [3.63, 3.8) is 0 Å². The molecule has 1 aromatic heterocycles. The molecule has 5 heteroatoms. The molecule has 0 radical (unpaired) electrons. The van der Waals surface area contributed by atoms with Crippen LogP contribution in [0.15, 0.2) is 42.5 Å². The number of nitrogens with one attached hydrogen (secondary N) is 1. The van der Waals surface area contributed by atoms with Gasteiger partial charge in [0.2, 0.25) is 5.91 Å². The predicted molar refractivity (Wildman–Crippen MR) is 90.9 cm³/mol. The van der Waals surface area contributed by atoms with E-state index in [2.05, 4.69) is 10.3 Å². The number of para-hydroxylation sites is 1. The van der Waals surface area contributed by atoms with E-state index >= 15 is 0 Å². The fraction of sp³-hybridized carbons (Fsp3) is 0.333. The van der Waals surface area contributed by atoms with E-state index in [-0.39, 0.29) is 12.5 Å². The van der Waals surface area contributed by atoms with Crippen molar-refractivity contribution in [1.82, 2.24) is 10.3 Å². The van der Waals surface area contributed by atoms with Gasteiger partial charge in [-0.25, -0.2) is 4.98 Å². The maximum absolute atomic E-state index is 12.1. The molecule has 0 aliphatic heterocycles. The van der Waals surface area contributed by atoms with Gasteiger partial charge in [-0.15, -0.1) is 0 Å². The zero-order valence-corrected chi connectivity index (χ0v) is 13.5. The number of amides is 1. The molecule has 23 heavy (non-hydrogen) atoms. The van der Waals surface area contributed by atoms with Gasteiger partial charge in [0.15, 0.2) is 0 Å². The van der Waals surface area contributed by atoms with Crippen LogP contribution in [0, 0.1) is 0 Å². The van der Waals surface area contributed by atoms with Gasteiger partial charge in [0.25, 0.3) is 0 Å². The fourth-order valence-corrected chi connectivity index (χ4v) is 2.41. The molecule has 1 atom stereocenters. The molecule has 5 nitrogen and oxygen atoms in total. The topological polar surface area (TPSA) is 71.5 Å². The highest BCUT2D eigenvalue weighted by Crippen LogP contribution is 2.13. The van der Waals surface area contributed by atoms with Gasteiger partial charge in [-0.2, -0.15) is 0 Å². The number of fused-ring (bicyclic) bond motifs is 1. The van der Waals surface area contributed by atoms with Crippen molar-refractivity contribution in [1.29, 1.82) is 0 Å². The maximum Gasteiger partial charge on any atom is 0.244 e. The number of methoxy groups -OCH3 is 1. The molecule has 0 aliphatic rings. The van der Waals surface area contributed by atoms with Crippen molar-refractivity contribution in [2.45, 2.75) is 18.9 Å². The molecular weight excluding hydrogens is 292 g/mol. The number of carbonyl (C=O) groups excluding carboxylic acids is 1. The summed E-state index contributed by atoms with van der Waals surface area (Å²) in [6, 6.07) is 11.7. The third-order valence-electron chi connectivity index (χ3n) is 3.58. The van der Waals surface area contributed by atoms with Crippen LogP contribution in [0.25, 0.3) is 17.0 Å². The molecule has 122 valence electrons. The van der Waals surface area contributed by atoms with Crippen LogP contribution in [-0.4, -0.2) is 41.9 Å². The van der Waals surface area contributed by atoms with Crippen molar-refractivity contribution in [3.8, 4) is 0 Å². The summed E-state index contributed by atoms with van der Waals surface area (Å²) in [5.74, 6) is -0.243. The van der Waals surface area contributed by atoms with E-state index < -0.39 is 5.54 Å². The molecule has 2 N–H and O–H groups in total. The average molecular weight is 314 g/mol. The van der Waals surface area contributed by atoms with Crippen molar-refractivity contribution in [2.24, 2.45) is 0 Å². The number of hydrogen-bond acceptors (Lipinski definition) is 4. The fourth-order valence-electron chi connectivity index (χ4n) is 2.41. The lowest BCUT2D eigenvalue weighted by atomic mass is 9.99. The maximum atomic E-state index is 12.1. The lowest BCUT2D eigenvalue weighted by Crippen LogP contribution is -2.49. The number of ether oxygens (including phenoxy) is 1. The summed E-state index contributed by atoms with van der Waals surface area (Å²) in [7, 11) is 1.57. The molecule has 0 spiro atoms. The largest absolute Gasteiger partial charge is 0.396 e. The lowest BCUT2D eigenvalue weighted by molar-refractivity contribution is -0.119. The third kappa shape index (κ3) is 4.87. The quantitative estimate of drug-likeness (QED) is 0.768. The van der Waals surface area contributed by atoms with Gasteiger partial charge in [-0.1, -0.05) is 24.3 Å². The first-order valence-corrected chi connectivity index (χ1v) is 7.52. The van der Waals surface area contributed by atoms with Crippen molar-refractivity contribution < 1.29 is 14.6 Å². The number of pyridine rings is 1. The zero-order chi connectivity index (χ0) is 16.7. The number of benzene rings is 1. The Kier molecular flexibility index (Phi) is 5.84. The smallest absolute Gasteiger partial charge is 0.244 e. The number of aliphatic hydroxyl groups excluding tert-OH is 1. The van der Waals surface area contributed by atoms with Crippen LogP contribution in [-0.2, 0) is 9.53 Å². The molecular formula is C18H22N2O3. The standard InChI is InChI=1S/C18H22N2O3/c1-18(11-12-21,13-23-2)20-17(22)10-9-15-8-7-14-5-3-4-6-16(14)19-15/h3-10,21H,11-13H2,1-2H3,(H,20,22)/b10-9+. The van der Waals surface area contributed by atoms with E-state index in [1.54, 1.807) is 13.2 Å². The van der Waals surface area contributed by atoms with E-state index in [1.807, 2.05) is 43.3 Å². The normalized spacial score (nSPS) is 14.0. The van der Waals surface area contributed by atoms with Crippen LogP contribution in [0.1, 0.15) is 19.0 Å². The van der Waals surface area contributed by atoms with Crippen LogP contribution >= 0.6 is 0 Å². The van der Waals surface area contributed by atoms with Crippen molar-refractivity contribution in [2.75, 3.05) is 20.3 Å². The number of hydrogen-bond donors (Lipinski definition) is 2. The Morgan fingerprint density at radius 1 is 1.35 bits per heavy atom. The number of carbonyl (C=O) groups is 1. The van der Waals surface area contributed by atoms with E-state index in [1.165, 1.54) is 6.08 Å². The van der Waals surface area contributed by atoms with Crippen LogP contribution < -0.4 is 5.32 Å².